The maximum absolute atomic E-state index is 11.3. The van der Waals surface area contributed by atoms with Crippen molar-refractivity contribution in [2.24, 2.45) is 21.5 Å². The fraction of sp³-hybridized carbons (Fsp3) is 0.650. The van der Waals surface area contributed by atoms with Gasteiger partial charge in [-0.1, -0.05) is 32.4 Å². The number of nitrogens with one attached hydrogen (secondary N) is 2. The summed E-state index contributed by atoms with van der Waals surface area (Å²) in [5.41, 5.74) is 1.45. The highest BCUT2D eigenvalue weighted by Crippen LogP contribution is 2.46. The molecule has 0 saturated heterocycles. The third kappa shape index (κ3) is 6.81. The van der Waals surface area contributed by atoms with Crippen molar-refractivity contribution in [3.63, 3.8) is 0 Å². The number of sulfonamides is 1. The normalized spacial score (nSPS) is 16.9. The molecule has 2 rings (SSSR count). The molecule has 152 valence electrons. The first-order valence-corrected chi connectivity index (χ1v) is 11.4. The second-order valence-corrected chi connectivity index (χ2v) is 9.57. The SMILES string of the molecule is CCNC(=NCC1(CC(C)C)CCC1)NCCc1ccc(S(N)(=O)=O)cc1. The van der Waals surface area contributed by atoms with E-state index in [2.05, 4.69) is 31.4 Å². The Balaban J connectivity index is 1.88. The van der Waals surface area contributed by atoms with Gasteiger partial charge in [-0.2, -0.15) is 0 Å². The molecule has 0 spiro atoms. The summed E-state index contributed by atoms with van der Waals surface area (Å²) in [6.45, 7) is 9.08. The predicted octanol–water partition coefficient (Wildman–Crippen LogP) is 2.65. The second kappa shape index (κ2) is 9.55. The van der Waals surface area contributed by atoms with E-state index in [-0.39, 0.29) is 4.90 Å². The van der Waals surface area contributed by atoms with Crippen LogP contribution in [0.25, 0.3) is 0 Å². The molecule has 0 amide bonds. The van der Waals surface area contributed by atoms with Crippen LogP contribution in [0.4, 0.5) is 0 Å². The van der Waals surface area contributed by atoms with Gasteiger partial charge in [0.1, 0.15) is 0 Å². The summed E-state index contributed by atoms with van der Waals surface area (Å²) in [6, 6.07) is 6.71. The van der Waals surface area contributed by atoms with Crippen LogP contribution in [-0.2, 0) is 16.4 Å². The van der Waals surface area contributed by atoms with Crippen LogP contribution < -0.4 is 15.8 Å². The molecule has 6 nitrogen and oxygen atoms in total. The van der Waals surface area contributed by atoms with Crippen molar-refractivity contribution in [3.8, 4) is 0 Å². The molecular weight excluding hydrogens is 360 g/mol. The molecule has 4 N–H and O–H groups in total. The molecule has 0 aliphatic heterocycles. The van der Waals surface area contributed by atoms with Gasteiger partial charge in [0, 0.05) is 19.6 Å². The van der Waals surface area contributed by atoms with E-state index >= 15 is 0 Å². The number of rotatable bonds is 9. The van der Waals surface area contributed by atoms with Crippen LogP contribution in [-0.4, -0.2) is 34.0 Å². The van der Waals surface area contributed by atoms with Crippen LogP contribution >= 0.6 is 0 Å². The van der Waals surface area contributed by atoms with Crippen molar-refractivity contribution in [3.05, 3.63) is 29.8 Å². The van der Waals surface area contributed by atoms with Crippen molar-refractivity contribution in [1.82, 2.24) is 10.6 Å². The first kappa shape index (κ1) is 21.7. The second-order valence-electron chi connectivity index (χ2n) is 8.01. The average Bonchev–Trinajstić information content (AvgIpc) is 2.56. The van der Waals surface area contributed by atoms with Gasteiger partial charge in [0.05, 0.1) is 4.90 Å². The zero-order valence-corrected chi connectivity index (χ0v) is 17.6. The van der Waals surface area contributed by atoms with Gasteiger partial charge in [-0.25, -0.2) is 13.6 Å². The van der Waals surface area contributed by atoms with Crippen molar-refractivity contribution < 1.29 is 8.42 Å². The Bertz CT molecular complexity index is 723. The maximum Gasteiger partial charge on any atom is 0.238 e. The van der Waals surface area contributed by atoms with Gasteiger partial charge < -0.3 is 10.6 Å². The van der Waals surface area contributed by atoms with Crippen LogP contribution in [0, 0.1) is 11.3 Å². The van der Waals surface area contributed by atoms with Gasteiger partial charge in [0.25, 0.3) is 0 Å². The van der Waals surface area contributed by atoms with Gasteiger partial charge in [-0.05, 0) is 61.6 Å². The fourth-order valence-electron chi connectivity index (χ4n) is 3.73. The van der Waals surface area contributed by atoms with Crippen molar-refractivity contribution in [1.29, 1.82) is 0 Å². The number of guanidine groups is 1. The van der Waals surface area contributed by atoms with E-state index in [1.807, 2.05) is 0 Å². The Hall–Kier alpha value is -1.60. The fourth-order valence-corrected chi connectivity index (χ4v) is 4.24. The molecule has 7 heteroatoms. The highest BCUT2D eigenvalue weighted by atomic mass is 32.2. The molecule has 1 aromatic rings. The summed E-state index contributed by atoms with van der Waals surface area (Å²) in [6.07, 6.45) is 5.91. The summed E-state index contributed by atoms with van der Waals surface area (Å²) in [4.78, 5) is 4.98. The van der Waals surface area contributed by atoms with E-state index in [1.54, 1.807) is 24.3 Å². The Morgan fingerprint density at radius 3 is 2.37 bits per heavy atom. The van der Waals surface area contributed by atoms with Crippen LogP contribution in [0.2, 0.25) is 0 Å². The Morgan fingerprint density at radius 1 is 1.22 bits per heavy atom. The molecule has 0 atom stereocenters. The average molecular weight is 395 g/mol. The minimum Gasteiger partial charge on any atom is -0.357 e. The minimum atomic E-state index is -3.63. The van der Waals surface area contributed by atoms with Crippen molar-refractivity contribution in [2.75, 3.05) is 19.6 Å². The Morgan fingerprint density at radius 2 is 1.89 bits per heavy atom. The Kier molecular flexibility index (Phi) is 7.68. The van der Waals surface area contributed by atoms with Gasteiger partial charge >= 0.3 is 0 Å². The first-order chi connectivity index (χ1) is 12.7. The third-order valence-electron chi connectivity index (χ3n) is 5.13. The lowest BCUT2D eigenvalue weighted by atomic mass is 9.64. The molecule has 1 fully saturated rings. The van der Waals surface area contributed by atoms with E-state index in [4.69, 9.17) is 10.1 Å². The molecule has 0 unspecified atom stereocenters. The minimum absolute atomic E-state index is 0.144. The number of nitrogens with zero attached hydrogens (tertiary/aromatic N) is 1. The van der Waals surface area contributed by atoms with E-state index in [9.17, 15) is 8.42 Å². The summed E-state index contributed by atoms with van der Waals surface area (Å²) >= 11 is 0. The van der Waals surface area contributed by atoms with Crippen molar-refractivity contribution >= 4 is 16.0 Å². The van der Waals surface area contributed by atoms with Crippen LogP contribution in [0.5, 0.6) is 0 Å². The monoisotopic (exact) mass is 394 g/mol. The van der Waals surface area contributed by atoms with E-state index in [0.29, 0.717) is 11.3 Å². The molecule has 0 aromatic heterocycles. The van der Waals surface area contributed by atoms with Gasteiger partial charge in [-0.3, -0.25) is 4.99 Å². The summed E-state index contributed by atoms with van der Waals surface area (Å²) < 4.78 is 22.6. The molecule has 1 saturated carbocycles. The lowest BCUT2D eigenvalue weighted by Crippen LogP contribution is -2.41. The Labute approximate surface area is 164 Å². The largest absolute Gasteiger partial charge is 0.357 e. The molecule has 1 aliphatic carbocycles. The van der Waals surface area contributed by atoms with Gasteiger partial charge in [-0.15, -0.1) is 0 Å². The van der Waals surface area contributed by atoms with E-state index < -0.39 is 10.0 Å². The number of benzene rings is 1. The summed E-state index contributed by atoms with van der Waals surface area (Å²) in [5, 5.41) is 11.8. The number of hydrogen-bond donors (Lipinski definition) is 3. The van der Waals surface area contributed by atoms with E-state index in [1.165, 1.54) is 25.7 Å². The van der Waals surface area contributed by atoms with E-state index in [0.717, 1.165) is 37.6 Å². The van der Waals surface area contributed by atoms with Gasteiger partial charge in [0.15, 0.2) is 5.96 Å². The lowest BCUT2D eigenvalue weighted by molar-refractivity contribution is 0.111. The number of primary sulfonamides is 1. The zero-order valence-electron chi connectivity index (χ0n) is 16.8. The number of aliphatic imine (C=N–C) groups is 1. The van der Waals surface area contributed by atoms with Crippen LogP contribution in [0.3, 0.4) is 0 Å². The van der Waals surface area contributed by atoms with Gasteiger partial charge in [0.2, 0.25) is 10.0 Å². The highest BCUT2D eigenvalue weighted by molar-refractivity contribution is 7.89. The summed E-state index contributed by atoms with van der Waals surface area (Å²) in [7, 11) is -3.63. The predicted molar refractivity (Wildman–Crippen MR) is 111 cm³/mol. The zero-order chi connectivity index (χ0) is 19.9. The first-order valence-electron chi connectivity index (χ1n) is 9.88. The molecule has 1 aromatic carbocycles. The van der Waals surface area contributed by atoms with Crippen molar-refractivity contribution in [2.45, 2.75) is 57.8 Å². The molecule has 0 radical (unpaired) electrons. The topological polar surface area (TPSA) is 96.6 Å². The van der Waals surface area contributed by atoms with Crippen LogP contribution in [0.1, 0.15) is 52.0 Å². The number of nitrogens with two attached hydrogens (primary N) is 1. The highest BCUT2D eigenvalue weighted by Gasteiger charge is 2.37. The summed E-state index contributed by atoms with van der Waals surface area (Å²) in [5.74, 6) is 1.56. The molecule has 0 bridgehead atoms. The molecule has 27 heavy (non-hydrogen) atoms. The maximum atomic E-state index is 11.3. The molecular formula is C20H34N4O2S. The quantitative estimate of drug-likeness (QED) is 0.443. The molecule has 1 aliphatic rings. The molecule has 0 heterocycles. The lowest BCUT2D eigenvalue weighted by Gasteiger charge is -2.42. The van der Waals surface area contributed by atoms with Crippen LogP contribution in [0.15, 0.2) is 34.2 Å². The number of hydrogen-bond acceptors (Lipinski definition) is 3. The third-order valence-corrected chi connectivity index (χ3v) is 6.06. The standard InChI is InChI=1S/C20H34N4O2S/c1-4-22-19(24-15-20(11-5-12-20)14-16(2)3)23-13-10-17-6-8-18(9-7-17)27(21,25)26/h6-9,16H,4-5,10-15H2,1-3H3,(H2,21,25,26)(H2,22,23,24). The smallest absolute Gasteiger partial charge is 0.238 e.